The van der Waals surface area contributed by atoms with Gasteiger partial charge in [0, 0.05) is 24.2 Å². The van der Waals surface area contributed by atoms with Crippen molar-refractivity contribution in [2.45, 2.75) is 31.9 Å². The summed E-state index contributed by atoms with van der Waals surface area (Å²) in [4.78, 5) is 4.67. The molecule has 0 saturated carbocycles. The summed E-state index contributed by atoms with van der Waals surface area (Å²) in [6, 6.07) is 9.63. The zero-order valence-electron chi connectivity index (χ0n) is 19.4. The molecule has 4 aromatic rings. The van der Waals surface area contributed by atoms with E-state index in [-0.39, 0.29) is 12.2 Å². The Morgan fingerprint density at radius 3 is 2.43 bits per heavy atom. The third-order valence-corrected chi connectivity index (χ3v) is 5.72. The molecule has 0 saturated heterocycles. The minimum atomic E-state index is -1.21. The number of halogens is 3. The first-order valence-corrected chi connectivity index (χ1v) is 11.2. The second kappa shape index (κ2) is 9.27. The van der Waals surface area contributed by atoms with Gasteiger partial charge >= 0.3 is 0 Å². The summed E-state index contributed by atoms with van der Waals surface area (Å²) < 4.78 is 29.2. The van der Waals surface area contributed by atoms with Crippen molar-refractivity contribution >= 4 is 28.3 Å². The highest BCUT2D eigenvalue weighted by atomic mass is 35.5. The molecule has 2 aromatic carbocycles. The number of hydrogen-bond acceptors (Lipinski definition) is 5. The van der Waals surface area contributed by atoms with Gasteiger partial charge in [0.15, 0.2) is 5.82 Å². The number of rotatable bonds is 4. The van der Waals surface area contributed by atoms with Crippen LogP contribution >= 0.6 is 11.6 Å². The molecule has 2 aromatic heterocycles. The molecule has 0 fully saturated rings. The molecule has 1 atom stereocenters. The lowest BCUT2D eigenvalue weighted by Gasteiger charge is -2.18. The number of nitrogens with two attached hydrogens (primary N) is 2. The molecule has 2 heterocycles. The zero-order chi connectivity index (χ0) is 25.5. The summed E-state index contributed by atoms with van der Waals surface area (Å²) in [5, 5.41) is 15.3. The van der Waals surface area contributed by atoms with Gasteiger partial charge in [0.05, 0.1) is 27.7 Å². The van der Waals surface area contributed by atoms with Gasteiger partial charge in [0.1, 0.15) is 22.9 Å². The maximum absolute atomic E-state index is 13.8. The van der Waals surface area contributed by atoms with Crippen molar-refractivity contribution in [2.24, 2.45) is 12.8 Å². The van der Waals surface area contributed by atoms with Gasteiger partial charge in [0.2, 0.25) is 0 Å². The second-order valence-electron chi connectivity index (χ2n) is 8.85. The fourth-order valence-corrected chi connectivity index (χ4v) is 4.23. The van der Waals surface area contributed by atoms with Crippen LogP contribution in [0.2, 0.25) is 5.02 Å². The van der Waals surface area contributed by atoms with Gasteiger partial charge in [0.25, 0.3) is 0 Å². The van der Waals surface area contributed by atoms with Crippen molar-refractivity contribution in [1.29, 1.82) is 0 Å². The van der Waals surface area contributed by atoms with Gasteiger partial charge in [-0.3, -0.25) is 4.68 Å². The van der Waals surface area contributed by atoms with Crippen LogP contribution in [0.1, 0.15) is 36.8 Å². The maximum Gasteiger partial charge on any atom is 0.154 e. The molecule has 0 aliphatic heterocycles. The number of pyridine rings is 1. The molecular weight excluding hydrogens is 472 g/mol. The number of aromatic nitrogens is 3. The first-order chi connectivity index (χ1) is 16.4. The first kappa shape index (κ1) is 24.6. The lowest BCUT2D eigenvalue weighted by Crippen LogP contribution is -2.17. The molecule has 0 bridgehead atoms. The molecule has 9 heteroatoms. The third kappa shape index (κ3) is 5.28. The molecular formula is C26H24ClF2N5O. The van der Waals surface area contributed by atoms with E-state index in [1.54, 1.807) is 37.7 Å². The van der Waals surface area contributed by atoms with E-state index in [1.165, 1.54) is 12.1 Å². The van der Waals surface area contributed by atoms with Crippen LogP contribution in [0.25, 0.3) is 22.0 Å². The largest absolute Gasteiger partial charge is 0.382 e. The van der Waals surface area contributed by atoms with E-state index in [2.05, 4.69) is 21.9 Å². The average Bonchev–Trinajstić information content (AvgIpc) is 3.06. The van der Waals surface area contributed by atoms with E-state index in [1.807, 2.05) is 12.1 Å². The highest BCUT2D eigenvalue weighted by molar-refractivity contribution is 6.37. The Labute approximate surface area is 206 Å². The van der Waals surface area contributed by atoms with E-state index < -0.39 is 23.3 Å². The van der Waals surface area contributed by atoms with Gasteiger partial charge in [-0.25, -0.2) is 13.8 Å². The number of nitrogen functional groups attached to an aromatic ring is 1. The van der Waals surface area contributed by atoms with E-state index in [9.17, 15) is 13.9 Å². The molecule has 0 aliphatic rings. The predicted molar refractivity (Wildman–Crippen MR) is 134 cm³/mol. The predicted octanol–water partition coefficient (Wildman–Crippen LogP) is 4.51. The van der Waals surface area contributed by atoms with Crippen LogP contribution in [0.15, 0.2) is 42.5 Å². The summed E-state index contributed by atoms with van der Waals surface area (Å²) in [6.45, 7) is 3.13. The maximum atomic E-state index is 13.8. The fourth-order valence-electron chi connectivity index (χ4n) is 3.98. The molecule has 1 unspecified atom stereocenters. The summed E-state index contributed by atoms with van der Waals surface area (Å²) in [7, 11) is 1.75. The third-order valence-electron chi connectivity index (χ3n) is 5.41. The number of benzene rings is 2. The molecule has 35 heavy (non-hydrogen) atoms. The zero-order valence-corrected chi connectivity index (χ0v) is 20.2. The Morgan fingerprint density at radius 2 is 1.77 bits per heavy atom. The van der Waals surface area contributed by atoms with Crippen LogP contribution in [-0.4, -0.2) is 25.5 Å². The van der Waals surface area contributed by atoms with E-state index >= 15 is 0 Å². The molecule has 0 radical (unpaired) electrons. The molecule has 4 rings (SSSR count). The molecule has 6 nitrogen and oxygen atoms in total. The first-order valence-electron chi connectivity index (χ1n) is 10.8. The quantitative estimate of drug-likeness (QED) is 0.361. The van der Waals surface area contributed by atoms with Gasteiger partial charge in [-0.05, 0) is 62.1 Å². The number of hydrogen-bond donors (Lipinski definition) is 3. The minimum Gasteiger partial charge on any atom is -0.382 e. The van der Waals surface area contributed by atoms with E-state index in [0.717, 1.165) is 11.6 Å². The second-order valence-corrected chi connectivity index (χ2v) is 9.26. The summed E-state index contributed by atoms with van der Waals surface area (Å²) >= 11 is 6.40. The lowest BCUT2D eigenvalue weighted by atomic mass is 9.94. The smallest absolute Gasteiger partial charge is 0.154 e. The van der Waals surface area contributed by atoms with Crippen molar-refractivity contribution in [3.05, 3.63) is 76.1 Å². The fraction of sp³-hybridized carbons (Fsp3) is 0.231. The lowest BCUT2D eigenvalue weighted by molar-refractivity contribution is 0.143. The number of aliphatic hydroxyl groups is 1. The standard InChI is InChI=1S/C26H24ClF2N5O/c1-26(2,35)9-8-17-4-5-18(19-6-7-20(27)22-24(19)34(3)33-25(22)31)23(32-17)21(30)12-14-10-15(28)13-16(29)11-14/h4-7,10-11,13,21,35H,12,30H2,1-3H3,(H2,31,33). The SMILES string of the molecule is Cn1nc(N)c2c(Cl)ccc(-c3ccc(C#CC(C)(C)O)nc3C(N)Cc3cc(F)cc(F)c3)c21. The van der Waals surface area contributed by atoms with Crippen LogP contribution in [-0.2, 0) is 13.5 Å². The van der Waals surface area contributed by atoms with Gasteiger partial charge < -0.3 is 16.6 Å². The van der Waals surface area contributed by atoms with Crippen molar-refractivity contribution in [3.63, 3.8) is 0 Å². The van der Waals surface area contributed by atoms with Gasteiger partial charge in [-0.15, -0.1) is 0 Å². The van der Waals surface area contributed by atoms with Crippen molar-refractivity contribution < 1.29 is 13.9 Å². The summed E-state index contributed by atoms with van der Waals surface area (Å²) in [6.07, 6.45) is 0.126. The molecule has 180 valence electrons. The molecule has 0 spiro atoms. The van der Waals surface area contributed by atoms with Gasteiger partial charge in [-0.2, -0.15) is 5.10 Å². The van der Waals surface area contributed by atoms with E-state index in [4.69, 9.17) is 23.1 Å². The molecule has 0 aliphatic carbocycles. The highest BCUT2D eigenvalue weighted by Gasteiger charge is 2.21. The Hall–Kier alpha value is -3.51. The minimum absolute atomic E-state index is 0.126. The Bertz CT molecular complexity index is 1480. The summed E-state index contributed by atoms with van der Waals surface area (Å²) in [5.41, 5.74) is 14.8. The van der Waals surface area contributed by atoms with Crippen LogP contribution in [0.3, 0.4) is 0 Å². The van der Waals surface area contributed by atoms with Crippen LogP contribution in [0, 0.1) is 23.5 Å². The molecule has 0 amide bonds. The van der Waals surface area contributed by atoms with Crippen molar-refractivity contribution in [2.75, 3.05) is 5.73 Å². The number of anilines is 1. The van der Waals surface area contributed by atoms with Crippen LogP contribution in [0.4, 0.5) is 14.6 Å². The highest BCUT2D eigenvalue weighted by Crippen LogP contribution is 2.38. The Morgan fingerprint density at radius 1 is 1.11 bits per heavy atom. The Kier molecular flexibility index (Phi) is 6.52. The van der Waals surface area contributed by atoms with Crippen LogP contribution in [0.5, 0.6) is 0 Å². The topological polar surface area (TPSA) is 103 Å². The number of aryl methyl sites for hydroxylation is 1. The summed E-state index contributed by atoms with van der Waals surface area (Å²) in [5.74, 6) is 4.51. The monoisotopic (exact) mass is 495 g/mol. The number of nitrogens with zero attached hydrogens (tertiary/aromatic N) is 3. The number of fused-ring (bicyclic) bond motifs is 1. The van der Waals surface area contributed by atoms with E-state index in [0.29, 0.717) is 38.4 Å². The van der Waals surface area contributed by atoms with Crippen LogP contribution < -0.4 is 11.5 Å². The normalized spacial score (nSPS) is 12.5. The van der Waals surface area contributed by atoms with Crippen molar-refractivity contribution in [1.82, 2.24) is 14.8 Å². The Balaban J connectivity index is 1.90. The average molecular weight is 496 g/mol. The van der Waals surface area contributed by atoms with Crippen molar-refractivity contribution in [3.8, 4) is 23.0 Å². The molecule has 5 N–H and O–H groups in total. The van der Waals surface area contributed by atoms with Gasteiger partial charge in [-0.1, -0.05) is 23.6 Å².